The molecule has 0 radical (unpaired) electrons. The van der Waals surface area contributed by atoms with Crippen LogP contribution in [0.15, 0.2) is 42.0 Å². The Morgan fingerprint density at radius 1 is 1.17 bits per heavy atom. The first-order valence-electron chi connectivity index (χ1n) is 7.49. The van der Waals surface area contributed by atoms with E-state index in [1.54, 1.807) is 23.6 Å². The van der Waals surface area contributed by atoms with E-state index in [0.29, 0.717) is 0 Å². The summed E-state index contributed by atoms with van der Waals surface area (Å²) in [6, 6.07) is 7.25. The second-order valence-electron chi connectivity index (χ2n) is 5.59. The molecule has 0 saturated heterocycles. The van der Waals surface area contributed by atoms with Crippen LogP contribution in [0.2, 0.25) is 0 Å². The second-order valence-corrected chi connectivity index (χ2v) is 6.54. The van der Waals surface area contributed by atoms with Crippen LogP contribution >= 0.6 is 11.3 Å². The molecule has 0 fully saturated rings. The topological polar surface area (TPSA) is 41.9 Å². The predicted octanol–water partition coefficient (Wildman–Crippen LogP) is 3.30. The smallest absolute Gasteiger partial charge is 0.212 e. The van der Waals surface area contributed by atoms with Gasteiger partial charge in [0, 0.05) is 44.0 Å². The van der Waals surface area contributed by atoms with Crippen LogP contribution in [0.4, 0.5) is 4.39 Å². The van der Waals surface area contributed by atoms with Gasteiger partial charge in [0.15, 0.2) is 5.82 Å². The first kappa shape index (κ1) is 14.4. The van der Waals surface area contributed by atoms with Crippen LogP contribution in [0.25, 0.3) is 10.7 Å². The normalized spacial score (nSPS) is 14.7. The Bertz CT molecular complexity index is 802. The van der Waals surface area contributed by atoms with E-state index in [1.165, 1.54) is 11.6 Å². The van der Waals surface area contributed by atoms with Gasteiger partial charge in [-0.3, -0.25) is 4.90 Å². The largest absolute Gasteiger partial charge is 0.294 e. The third kappa shape index (κ3) is 3.13. The molecule has 3 aromatic heterocycles. The highest BCUT2D eigenvalue weighted by molar-refractivity contribution is 7.13. The molecule has 0 aromatic carbocycles. The van der Waals surface area contributed by atoms with E-state index in [0.717, 1.165) is 48.0 Å². The third-order valence-electron chi connectivity index (χ3n) is 3.95. The number of hydrogen-bond donors (Lipinski definition) is 0. The quantitative estimate of drug-likeness (QED) is 0.693. The summed E-state index contributed by atoms with van der Waals surface area (Å²) in [6.45, 7) is 2.52. The van der Waals surface area contributed by atoms with E-state index >= 15 is 0 Å². The Morgan fingerprint density at radius 3 is 2.91 bits per heavy atom. The standard InChI is InChI=1S/C17H15FN4S/c18-16-4-3-12(8-19-16)10-22-6-5-14-13(11-22)9-20-17(21-14)15-2-1-7-23-15/h1-4,7-9H,5-6,10-11H2. The molecule has 3 aromatic rings. The zero-order valence-electron chi connectivity index (χ0n) is 12.4. The number of thiophene rings is 1. The minimum Gasteiger partial charge on any atom is -0.294 e. The van der Waals surface area contributed by atoms with Crippen LogP contribution in [0.5, 0.6) is 0 Å². The number of rotatable bonds is 3. The molecule has 4 heterocycles. The molecule has 0 atom stereocenters. The zero-order chi connectivity index (χ0) is 15.6. The van der Waals surface area contributed by atoms with E-state index in [9.17, 15) is 4.39 Å². The molecule has 116 valence electrons. The maximum absolute atomic E-state index is 12.9. The maximum atomic E-state index is 12.9. The fourth-order valence-corrected chi connectivity index (χ4v) is 3.46. The summed E-state index contributed by atoms with van der Waals surface area (Å²) in [5.74, 6) is 0.377. The molecule has 0 aliphatic carbocycles. The van der Waals surface area contributed by atoms with Crippen molar-refractivity contribution in [1.82, 2.24) is 19.9 Å². The van der Waals surface area contributed by atoms with Gasteiger partial charge >= 0.3 is 0 Å². The molecule has 6 heteroatoms. The molecular formula is C17H15FN4S. The van der Waals surface area contributed by atoms with Crippen LogP contribution in [0.3, 0.4) is 0 Å². The zero-order valence-corrected chi connectivity index (χ0v) is 13.3. The lowest BCUT2D eigenvalue weighted by atomic mass is 10.1. The van der Waals surface area contributed by atoms with Gasteiger partial charge in [0.1, 0.15) is 0 Å². The maximum Gasteiger partial charge on any atom is 0.212 e. The van der Waals surface area contributed by atoms with Crippen LogP contribution in [-0.2, 0) is 19.5 Å². The Balaban J connectivity index is 1.50. The first-order valence-corrected chi connectivity index (χ1v) is 8.37. The van der Waals surface area contributed by atoms with E-state index in [-0.39, 0.29) is 0 Å². The van der Waals surface area contributed by atoms with Crippen molar-refractivity contribution in [2.45, 2.75) is 19.5 Å². The number of aromatic nitrogens is 3. The van der Waals surface area contributed by atoms with Crippen molar-refractivity contribution in [3.63, 3.8) is 0 Å². The number of nitrogens with zero attached hydrogens (tertiary/aromatic N) is 4. The van der Waals surface area contributed by atoms with E-state index < -0.39 is 5.95 Å². The molecule has 0 bridgehead atoms. The highest BCUT2D eigenvalue weighted by Gasteiger charge is 2.19. The van der Waals surface area contributed by atoms with Gasteiger partial charge < -0.3 is 0 Å². The first-order chi connectivity index (χ1) is 11.3. The summed E-state index contributed by atoms with van der Waals surface area (Å²) in [6.07, 6.45) is 4.44. The number of hydrogen-bond acceptors (Lipinski definition) is 5. The van der Waals surface area contributed by atoms with E-state index in [1.807, 2.05) is 23.7 Å². The Kier molecular flexibility index (Phi) is 3.85. The van der Waals surface area contributed by atoms with Crippen LogP contribution < -0.4 is 0 Å². The SMILES string of the molecule is Fc1ccc(CN2CCc3nc(-c4cccs4)ncc3C2)cn1. The van der Waals surface area contributed by atoms with E-state index in [2.05, 4.69) is 14.9 Å². The summed E-state index contributed by atoms with van der Waals surface area (Å²) in [7, 11) is 0. The van der Waals surface area contributed by atoms with Gasteiger partial charge in [-0.15, -0.1) is 11.3 Å². The van der Waals surface area contributed by atoms with Gasteiger partial charge in [-0.05, 0) is 23.1 Å². The highest BCUT2D eigenvalue weighted by Crippen LogP contribution is 2.24. The molecule has 0 amide bonds. The average molecular weight is 326 g/mol. The highest BCUT2D eigenvalue weighted by atomic mass is 32.1. The summed E-state index contributed by atoms with van der Waals surface area (Å²) >= 11 is 1.66. The van der Waals surface area contributed by atoms with Gasteiger partial charge in [-0.1, -0.05) is 12.1 Å². The fraction of sp³-hybridized carbons (Fsp3) is 0.235. The van der Waals surface area contributed by atoms with Crippen LogP contribution in [-0.4, -0.2) is 26.4 Å². The Labute approximate surface area is 137 Å². The lowest BCUT2D eigenvalue weighted by Crippen LogP contribution is -2.31. The minimum absolute atomic E-state index is 0.438. The molecule has 0 unspecified atom stereocenters. The summed E-state index contributed by atoms with van der Waals surface area (Å²) < 4.78 is 12.9. The second kappa shape index (κ2) is 6.14. The van der Waals surface area contributed by atoms with Gasteiger partial charge in [0.2, 0.25) is 5.95 Å². The number of halogens is 1. The minimum atomic E-state index is -0.438. The molecular weight excluding hydrogens is 311 g/mol. The van der Waals surface area contributed by atoms with Crippen molar-refractivity contribution < 1.29 is 4.39 Å². The van der Waals surface area contributed by atoms with Gasteiger partial charge in [-0.25, -0.2) is 15.0 Å². The molecule has 0 saturated carbocycles. The van der Waals surface area contributed by atoms with Crippen molar-refractivity contribution in [2.24, 2.45) is 0 Å². The van der Waals surface area contributed by atoms with Crippen molar-refractivity contribution in [2.75, 3.05) is 6.54 Å². The lowest BCUT2D eigenvalue weighted by Gasteiger charge is -2.27. The van der Waals surface area contributed by atoms with Crippen molar-refractivity contribution in [3.05, 3.63) is 64.8 Å². The Hall–Kier alpha value is -2.18. The molecule has 0 N–H and O–H groups in total. The molecule has 4 nitrogen and oxygen atoms in total. The molecule has 1 aliphatic rings. The molecule has 23 heavy (non-hydrogen) atoms. The van der Waals surface area contributed by atoms with Crippen molar-refractivity contribution >= 4 is 11.3 Å². The van der Waals surface area contributed by atoms with Crippen LogP contribution in [0.1, 0.15) is 16.8 Å². The number of fused-ring (bicyclic) bond motifs is 1. The van der Waals surface area contributed by atoms with Gasteiger partial charge in [-0.2, -0.15) is 4.39 Å². The fourth-order valence-electron chi connectivity index (χ4n) is 2.79. The van der Waals surface area contributed by atoms with E-state index in [4.69, 9.17) is 4.98 Å². The monoisotopic (exact) mass is 326 g/mol. The van der Waals surface area contributed by atoms with Crippen LogP contribution in [0, 0.1) is 5.95 Å². The summed E-state index contributed by atoms with van der Waals surface area (Å²) in [5, 5.41) is 2.04. The molecule has 1 aliphatic heterocycles. The average Bonchev–Trinajstić information content (AvgIpc) is 3.11. The molecule has 4 rings (SSSR count). The summed E-state index contributed by atoms with van der Waals surface area (Å²) in [4.78, 5) is 16.3. The van der Waals surface area contributed by atoms with Crippen molar-refractivity contribution in [1.29, 1.82) is 0 Å². The lowest BCUT2D eigenvalue weighted by molar-refractivity contribution is 0.242. The summed E-state index contributed by atoms with van der Waals surface area (Å²) in [5.41, 5.74) is 3.33. The predicted molar refractivity (Wildman–Crippen MR) is 87.4 cm³/mol. The third-order valence-corrected chi connectivity index (χ3v) is 4.82. The van der Waals surface area contributed by atoms with Gasteiger partial charge in [0.05, 0.1) is 10.6 Å². The number of pyridine rings is 1. The van der Waals surface area contributed by atoms with Crippen molar-refractivity contribution in [3.8, 4) is 10.7 Å². The Morgan fingerprint density at radius 2 is 2.13 bits per heavy atom. The molecule has 0 spiro atoms. The van der Waals surface area contributed by atoms with Gasteiger partial charge in [0.25, 0.3) is 0 Å².